The molecule has 2 rings (SSSR count). The monoisotopic (exact) mass is 361 g/mol. The summed E-state index contributed by atoms with van der Waals surface area (Å²) in [6.45, 7) is 2.59. The maximum Gasteiger partial charge on any atom is 0.307 e. The fraction of sp³-hybridized carbons (Fsp3) is 0.278. The van der Waals surface area contributed by atoms with Gasteiger partial charge in [-0.25, -0.2) is 0 Å². The number of hydrogen-bond donors (Lipinski definition) is 0. The molecule has 0 saturated carbocycles. The van der Waals surface area contributed by atoms with E-state index < -0.39 is 0 Å². The van der Waals surface area contributed by atoms with Crippen LogP contribution in [0.15, 0.2) is 47.4 Å². The molecule has 1 aromatic rings. The zero-order valence-electron chi connectivity index (χ0n) is 13.4. The molecule has 0 unspecified atom stereocenters. The Morgan fingerprint density at radius 3 is 2.79 bits per heavy atom. The summed E-state index contributed by atoms with van der Waals surface area (Å²) >= 11 is 6.48. The number of ether oxygens (including phenoxy) is 1. The molecule has 24 heavy (non-hydrogen) atoms. The standard InChI is InChI=1S/C18H19NO3S2/c1-2-13-22-16(20)11-12-19-17(21)15(24-18(19)23)10-6-9-14-7-4-3-5-8-14/h3-10H,2,11-13H2,1H3. The van der Waals surface area contributed by atoms with Gasteiger partial charge in [0.25, 0.3) is 5.91 Å². The molecule has 6 heteroatoms. The maximum atomic E-state index is 12.3. The van der Waals surface area contributed by atoms with Gasteiger partial charge in [-0.1, -0.05) is 73.4 Å². The van der Waals surface area contributed by atoms with E-state index in [1.807, 2.05) is 49.4 Å². The molecular weight excluding hydrogens is 342 g/mol. The van der Waals surface area contributed by atoms with Gasteiger partial charge >= 0.3 is 5.97 Å². The first-order valence-corrected chi connectivity index (χ1v) is 8.97. The number of rotatable bonds is 7. The lowest BCUT2D eigenvalue weighted by atomic mass is 10.2. The normalized spacial score (nSPS) is 16.4. The van der Waals surface area contributed by atoms with Crippen LogP contribution in [0.5, 0.6) is 0 Å². The van der Waals surface area contributed by atoms with Crippen molar-refractivity contribution in [1.82, 2.24) is 4.90 Å². The second-order valence-corrected chi connectivity index (χ2v) is 6.77. The first-order valence-electron chi connectivity index (χ1n) is 7.74. The molecule has 0 radical (unpaired) electrons. The third-order valence-corrected chi connectivity index (χ3v) is 4.61. The number of carbonyl (C=O) groups is 2. The zero-order valence-corrected chi connectivity index (χ0v) is 15.1. The van der Waals surface area contributed by atoms with Crippen LogP contribution in [0, 0.1) is 0 Å². The number of esters is 1. The lowest BCUT2D eigenvalue weighted by Gasteiger charge is -2.13. The van der Waals surface area contributed by atoms with Crippen LogP contribution in [0.3, 0.4) is 0 Å². The Hall–Kier alpha value is -1.92. The predicted octanol–water partition coefficient (Wildman–Crippen LogP) is 3.79. The van der Waals surface area contributed by atoms with E-state index in [0.29, 0.717) is 15.8 Å². The van der Waals surface area contributed by atoms with E-state index in [9.17, 15) is 9.59 Å². The maximum absolute atomic E-state index is 12.3. The molecular formula is C18H19NO3S2. The Balaban J connectivity index is 1.92. The fourth-order valence-electron chi connectivity index (χ4n) is 2.01. The van der Waals surface area contributed by atoms with E-state index in [2.05, 4.69) is 0 Å². The van der Waals surface area contributed by atoms with Gasteiger partial charge in [0.15, 0.2) is 0 Å². The average molecular weight is 361 g/mol. The van der Waals surface area contributed by atoms with Crippen molar-refractivity contribution in [2.45, 2.75) is 19.8 Å². The largest absolute Gasteiger partial charge is 0.466 e. The Morgan fingerprint density at radius 1 is 1.33 bits per heavy atom. The molecule has 4 nitrogen and oxygen atoms in total. The molecule has 1 heterocycles. The Kier molecular flexibility index (Phi) is 7.21. The van der Waals surface area contributed by atoms with Gasteiger partial charge in [0.05, 0.1) is 17.9 Å². The van der Waals surface area contributed by atoms with E-state index in [-0.39, 0.29) is 24.8 Å². The molecule has 1 aliphatic heterocycles. The minimum atomic E-state index is -0.307. The van der Waals surface area contributed by atoms with Crippen molar-refractivity contribution < 1.29 is 14.3 Å². The highest BCUT2D eigenvalue weighted by atomic mass is 32.2. The Morgan fingerprint density at radius 2 is 2.08 bits per heavy atom. The molecule has 1 aliphatic rings. The summed E-state index contributed by atoms with van der Waals surface area (Å²) in [7, 11) is 0. The van der Waals surface area contributed by atoms with Crippen LogP contribution in [-0.2, 0) is 14.3 Å². The van der Waals surface area contributed by atoms with Crippen LogP contribution in [0.1, 0.15) is 25.3 Å². The molecule has 0 N–H and O–H groups in total. The van der Waals surface area contributed by atoms with Crippen molar-refractivity contribution in [2.24, 2.45) is 0 Å². The van der Waals surface area contributed by atoms with Gasteiger partial charge in [0.2, 0.25) is 0 Å². The van der Waals surface area contributed by atoms with Crippen molar-refractivity contribution in [1.29, 1.82) is 0 Å². The molecule has 0 spiro atoms. The van der Waals surface area contributed by atoms with Crippen molar-refractivity contribution >= 4 is 46.3 Å². The first kappa shape index (κ1) is 18.4. The number of nitrogens with zero attached hydrogens (tertiary/aromatic N) is 1. The molecule has 0 aromatic heterocycles. The molecule has 1 saturated heterocycles. The Labute approximate surface area is 151 Å². The second-order valence-electron chi connectivity index (χ2n) is 5.10. The molecule has 1 aromatic carbocycles. The van der Waals surface area contributed by atoms with E-state index in [4.69, 9.17) is 17.0 Å². The summed E-state index contributed by atoms with van der Waals surface area (Å²) in [6, 6.07) is 9.83. The van der Waals surface area contributed by atoms with Crippen LogP contribution in [0.25, 0.3) is 6.08 Å². The smallest absolute Gasteiger partial charge is 0.307 e. The highest BCUT2D eigenvalue weighted by Gasteiger charge is 2.31. The number of hydrogen-bond acceptors (Lipinski definition) is 5. The molecule has 0 bridgehead atoms. The summed E-state index contributed by atoms with van der Waals surface area (Å²) in [5.74, 6) is -0.468. The Bertz CT molecular complexity index is 668. The number of benzene rings is 1. The van der Waals surface area contributed by atoms with Crippen molar-refractivity contribution in [3.05, 3.63) is 53.0 Å². The van der Waals surface area contributed by atoms with Crippen LogP contribution in [-0.4, -0.2) is 34.2 Å². The van der Waals surface area contributed by atoms with Gasteiger partial charge in [0.1, 0.15) is 4.32 Å². The number of amides is 1. The summed E-state index contributed by atoms with van der Waals surface area (Å²) in [6.07, 6.45) is 6.44. The van der Waals surface area contributed by atoms with Crippen molar-refractivity contribution in [3.8, 4) is 0 Å². The van der Waals surface area contributed by atoms with Crippen LogP contribution >= 0.6 is 24.0 Å². The summed E-state index contributed by atoms with van der Waals surface area (Å²) in [5.41, 5.74) is 1.06. The van der Waals surface area contributed by atoms with Gasteiger partial charge in [0, 0.05) is 6.54 Å². The quantitative estimate of drug-likeness (QED) is 0.420. The van der Waals surface area contributed by atoms with E-state index in [1.165, 1.54) is 16.7 Å². The van der Waals surface area contributed by atoms with E-state index in [0.717, 1.165) is 12.0 Å². The summed E-state index contributed by atoms with van der Waals surface area (Å²) in [5, 5.41) is 0. The van der Waals surface area contributed by atoms with Gasteiger partial charge in [-0.2, -0.15) is 0 Å². The topological polar surface area (TPSA) is 46.6 Å². The lowest BCUT2D eigenvalue weighted by molar-refractivity contribution is -0.143. The van der Waals surface area contributed by atoms with Crippen molar-refractivity contribution in [3.63, 3.8) is 0 Å². The average Bonchev–Trinajstić information content (AvgIpc) is 2.86. The minimum absolute atomic E-state index is 0.152. The third kappa shape index (κ3) is 5.32. The summed E-state index contributed by atoms with van der Waals surface area (Å²) < 4.78 is 5.48. The number of thiocarbonyl (C=S) groups is 1. The van der Waals surface area contributed by atoms with Crippen LogP contribution in [0.4, 0.5) is 0 Å². The zero-order chi connectivity index (χ0) is 17.4. The fourth-order valence-corrected chi connectivity index (χ4v) is 3.27. The van der Waals surface area contributed by atoms with Crippen molar-refractivity contribution in [2.75, 3.05) is 13.2 Å². The number of allylic oxidation sites excluding steroid dienone is 2. The SMILES string of the molecule is CCCOC(=O)CCN1C(=O)C(=CC=Cc2ccccc2)SC1=S. The molecule has 1 fully saturated rings. The third-order valence-electron chi connectivity index (χ3n) is 3.22. The molecule has 0 atom stereocenters. The van der Waals surface area contributed by atoms with Gasteiger partial charge < -0.3 is 4.74 Å². The van der Waals surface area contributed by atoms with Crippen LogP contribution < -0.4 is 0 Å². The summed E-state index contributed by atoms with van der Waals surface area (Å²) in [4.78, 5) is 25.9. The van der Waals surface area contributed by atoms with Crippen LogP contribution in [0.2, 0.25) is 0 Å². The number of thioether (sulfide) groups is 1. The first-order chi connectivity index (χ1) is 11.6. The minimum Gasteiger partial charge on any atom is -0.466 e. The predicted molar refractivity (Wildman–Crippen MR) is 101 cm³/mol. The van der Waals surface area contributed by atoms with Gasteiger partial charge in [-0.15, -0.1) is 0 Å². The van der Waals surface area contributed by atoms with E-state index in [1.54, 1.807) is 6.08 Å². The highest BCUT2D eigenvalue weighted by Crippen LogP contribution is 2.31. The molecule has 0 aliphatic carbocycles. The van der Waals surface area contributed by atoms with Gasteiger partial charge in [-0.05, 0) is 18.1 Å². The number of carbonyl (C=O) groups excluding carboxylic acids is 2. The molecule has 1 amide bonds. The lowest BCUT2D eigenvalue weighted by Crippen LogP contribution is -2.30. The van der Waals surface area contributed by atoms with E-state index >= 15 is 0 Å². The highest BCUT2D eigenvalue weighted by molar-refractivity contribution is 8.26. The second kappa shape index (κ2) is 9.39. The van der Waals surface area contributed by atoms with Gasteiger partial charge in [-0.3, -0.25) is 14.5 Å². The molecule has 126 valence electrons.